The average Bonchev–Trinajstić information content (AvgIpc) is 2.30. The Kier molecular flexibility index (Phi) is 4.92. The second kappa shape index (κ2) is 6.23. The average molecular weight is 225 g/mol. The zero-order valence-corrected chi connectivity index (χ0v) is 9.57. The second-order valence-corrected chi connectivity index (χ2v) is 3.51. The number of methoxy groups -OCH3 is 1. The Morgan fingerprint density at radius 1 is 1.38 bits per heavy atom. The van der Waals surface area contributed by atoms with E-state index in [4.69, 9.17) is 0 Å². The van der Waals surface area contributed by atoms with Gasteiger partial charge in [0.05, 0.1) is 13.7 Å². The van der Waals surface area contributed by atoms with Gasteiger partial charge in [0, 0.05) is 6.54 Å². The highest BCUT2D eigenvalue weighted by atomic mass is 19.1. The van der Waals surface area contributed by atoms with Gasteiger partial charge in [-0.2, -0.15) is 0 Å². The molecule has 0 unspecified atom stereocenters. The maximum atomic E-state index is 12.7. The minimum absolute atomic E-state index is 0.250. The number of nitrogens with zero attached hydrogens (tertiary/aromatic N) is 1. The number of hydrogen-bond acceptors (Lipinski definition) is 3. The lowest BCUT2D eigenvalue weighted by atomic mass is 10.2. The summed E-state index contributed by atoms with van der Waals surface area (Å²) in [6.45, 7) is 3.58. The number of halogens is 1. The summed E-state index contributed by atoms with van der Waals surface area (Å²) < 4.78 is 17.3. The molecule has 0 radical (unpaired) electrons. The number of hydrogen-bond donors (Lipinski definition) is 0. The van der Waals surface area contributed by atoms with Gasteiger partial charge in [-0.05, 0) is 24.2 Å². The van der Waals surface area contributed by atoms with Crippen molar-refractivity contribution in [3.8, 4) is 0 Å². The number of likely N-dealkylation sites (N-methyl/N-ethyl adjacent to an activating group) is 1. The molecule has 1 aromatic rings. The first-order chi connectivity index (χ1) is 7.65. The van der Waals surface area contributed by atoms with Crippen molar-refractivity contribution in [1.29, 1.82) is 0 Å². The molecule has 0 fully saturated rings. The monoisotopic (exact) mass is 225 g/mol. The molecule has 0 saturated carbocycles. The van der Waals surface area contributed by atoms with E-state index in [1.165, 1.54) is 19.2 Å². The van der Waals surface area contributed by atoms with Crippen LogP contribution in [0.15, 0.2) is 24.3 Å². The Balaban J connectivity index is 2.56. The van der Waals surface area contributed by atoms with Gasteiger partial charge >= 0.3 is 5.97 Å². The molecule has 0 N–H and O–H groups in total. The third-order valence-electron chi connectivity index (χ3n) is 2.35. The Morgan fingerprint density at radius 2 is 2.00 bits per heavy atom. The number of carbonyl (C=O) groups is 1. The van der Waals surface area contributed by atoms with Crippen LogP contribution in [0.1, 0.15) is 12.5 Å². The summed E-state index contributed by atoms with van der Waals surface area (Å²) >= 11 is 0. The van der Waals surface area contributed by atoms with Gasteiger partial charge in [0.1, 0.15) is 5.82 Å². The first-order valence-electron chi connectivity index (χ1n) is 5.19. The van der Waals surface area contributed by atoms with Crippen LogP contribution in [0.2, 0.25) is 0 Å². The normalized spacial score (nSPS) is 10.5. The summed E-state index contributed by atoms with van der Waals surface area (Å²) in [7, 11) is 1.37. The van der Waals surface area contributed by atoms with Gasteiger partial charge in [0.2, 0.25) is 0 Å². The highest BCUT2D eigenvalue weighted by Crippen LogP contribution is 2.06. The molecule has 1 rings (SSSR count). The first-order valence-corrected chi connectivity index (χ1v) is 5.19. The predicted molar refractivity (Wildman–Crippen MR) is 59.4 cm³/mol. The Bertz CT molecular complexity index is 337. The lowest BCUT2D eigenvalue weighted by molar-refractivity contribution is -0.142. The summed E-state index contributed by atoms with van der Waals surface area (Å²) in [6.07, 6.45) is 0. The van der Waals surface area contributed by atoms with E-state index in [1.54, 1.807) is 12.1 Å². The first kappa shape index (κ1) is 12.6. The molecule has 0 aliphatic rings. The molecular formula is C12H16FNO2. The molecule has 4 heteroatoms. The summed E-state index contributed by atoms with van der Waals surface area (Å²) in [4.78, 5) is 13.0. The van der Waals surface area contributed by atoms with E-state index in [9.17, 15) is 9.18 Å². The van der Waals surface area contributed by atoms with Gasteiger partial charge in [0.15, 0.2) is 0 Å². The van der Waals surface area contributed by atoms with E-state index in [1.807, 2.05) is 11.8 Å². The van der Waals surface area contributed by atoms with Crippen LogP contribution in [-0.2, 0) is 16.1 Å². The van der Waals surface area contributed by atoms with Gasteiger partial charge in [-0.15, -0.1) is 0 Å². The van der Waals surface area contributed by atoms with Crippen LogP contribution in [0.5, 0.6) is 0 Å². The molecule has 0 aliphatic heterocycles. The fourth-order valence-corrected chi connectivity index (χ4v) is 1.37. The Hall–Kier alpha value is -1.42. The largest absolute Gasteiger partial charge is 0.468 e. The molecule has 3 nitrogen and oxygen atoms in total. The number of benzene rings is 1. The van der Waals surface area contributed by atoms with Crippen molar-refractivity contribution in [2.45, 2.75) is 13.5 Å². The van der Waals surface area contributed by atoms with Crippen molar-refractivity contribution in [2.24, 2.45) is 0 Å². The minimum atomic E-state index is -0.260. The SMILES string of the molecule is CCN(CC(=O)OC)Cc1ccc(F)cc1. The number of ether oxygens (including phenoxy) is 1. The lowest BCUT2D eigenvalue weighted by Gasteiger charge is -2.18. The zero-order valence-electron chi connectivity index (χ0n) is 9.57. The van der Waals surface area contributed by atoms with E-state index < -0.39 is 0 Å². The molecule has 16 heavy (non-hydrogen) atoms. The molecule has 0 heterocycles. The van der Waals surface area contributed by atoms with Gasteiger partial charge in [-0.1, -0.05) is 19.1 Å². The van der Waals surface area contributed by atoms with Crippen molar-refractivity contribution in [2.75, 3.05) is 20.2 Å². The predicted octanol–water partition coefficient (Wildman–Crippen LogP) is 1.82. The maximum absolute atomic E-state index is 12.7. The van der Waals surface area contributed by atoms with Crippen LogP contribution in [0.4, 0.5) is 4.39 Å². The zero-order chi connectivity index (χ0) is 12.0. The van der Waals surface area contributed by atoms with E-state index in [-0.39, 0.29) is 18.3 Å². The fourth-order valence-electron chi connectivity index (χ4n) is 1.37. The quantitative estimate of drug-likeness (QED) is 0.716. The molecular weight excluding hydrogens is 209 g/mol. The third kappa shape index (κ3) is 3.98. The van der Waals surface area contributed by atoms with E-state index >= 15 is 0 Å². The molecule has 0 saturated heterocycles. The number of carbonyl (C=O) groups excluding carboxylic acids is 1. The van der Waals surface area contributed by atoms with Crippen molar-refractivity contribution in [1.82, 2.24) is 4.90 Å². The van der Waals surface area contributed by atoms with Gasteiger partial charge in [-0.25, -0.2) is 4.39 Å². The molecule has 0 aliphatic carbocycles. The highest BCUT2D eigenvalue weighted by molar-refractivity contribution is 5.71. The molecule has 1 aromatic carbocycles. The van der Waals surface area contributed by atoms with Crippen LogP contribution in [0.3, 0.4) is 0 Å². The van der Waals surface area contributed by atoms with E-state index in [0.29, 0.717) is 6.54 Å². The molecule has 0 amide bonds. The van der Waals surface area contributed by atoms with Crippen LogP contribution in [-0.4, -0.2) is 31.1 Å². The van der Waals surface area contributed by atoms with E-state index in [2.05, 4.69) is 4.74 Å². The summed E-state index contributed by atoms with van der Waals surface area (Å²) in [5, 5.41) is 0. The summed E-state index contributed by atoms with van der Waals surface area (Å²) in [5.74, 6) is -0.510. The maximum Gasteiger partial charge on any atom is 0.319 e. The van der Waals surface area contributed by atoms with Gasteiger partial charge in [-0.3, -0.25) is 9.69 Å². The van der Waals surface area contributed by atoms with Crippen LogP contribution < -0.4 is 0 Å². The number of esters is 1. The Labute approximate surface area is 94.8 Å². The van der Waals surface area contributed by atoms with Crippen LogP contribution in [0, 0.1) is 5.82 Å². The van der Waals surface area contributed by atoms with Crippen LogP contribution >= 0.6 is 0 Å². The van der Waals surface area contributed by atoms with Gasteiger partial charge in [0.25, 0.3) is 0 Å². The molecule has 88 valence electrons. The summed E-state index contributed by atoms with van der Waals surface area (Å²) in [6, 6.07) is 6.27. The topological polar surface area (TPSA) is 29.5 Å². The molecule has 0 bridgehead atoms. The fraction of sp³-hybridized carbons (Fsp3) is 0.417. The number of rotatable bonds is 5. The van der Waals surface area contributed by atoms with Crippen molar-refractivity contribution in [3.05, 3.63) is 35.6 Å². The van der Waals surface area contributed by atoms with Crippen molar-refractivity contribution >= 4 is 5.97 Å². The summed E-state index contributed by atoms with van der Waals surface area (Å²) in [5.41, 5.74) is 0.979. The second-order valence-electron chi connectivity index (χ2n) is 3.51. The highest BCUT2D eigenvalue weighted by Gasteiger charge is 2.09. The Morgan fingerprint density at radius 3 is 2.50 bits per heavy atom. The molecule has 0 aromatic heterocycles. The van der Waals surface area contributed by atoms with Crippen molar-refractivity contribution < 1.29 is 13.9 Å². The van der Waals surface area contributed by atoms with Crippen molar-refractivity contribution in [3.63, 3.8) is 0 Å². The van der Waals surface area contributed by atoms with Gasteiger partial charge < -0.3 is 4.74 Å². The minimum Gasteiger partial charge on any atom is -0.468 e. The lowest BCUT2D eigenvalue weighted by Crippen LogP contribution is -2.29. The third-order valence-corrected chi connectivity index (χ3v) is 2.35. The molecule has 0 atom stereocenters. The molecule has 0 spiro atoms. The van der Waals surface area contributed by atoms with E-state index in [0.717, 1.165) is 12.1 Å². The van der Waals surface area contributed by atoms with Crippen LogP contribution in [0.25, 0.3) is 0 Å². The smallest absolute Gasteiger partial charge is 0.319 e. The standard InChI is InChI=1S/C12H16FNO2/c1-3-14(9-12(15)16-2)8-10-4-6-11(13)7-5-10/h4-7H,3,8-9H2,1-2H3.